The van der Waals surface area contributed by atoms with Gasteiger partial charge in [-0.2, -0.15) is 0 Å². The molecule has 0 saturated carbocycles. The summed E-state index contributed by atoms with van der Waals surface area (Å²) in [5.41, 5.74) is 4.77. The second-order valence-electron chi connectivity index (χ2n) is 7.71. The number of hydrogen-bond acceptors (Lipinski definition) is 7. The summed E-state index contributed by atoms with van der Waals surface area (Å²) >= 11 is 0. The first-order chi connectivity index (χ1) is 14.5. The summed E-state index contributed by atoms with van der Waals surface area (Å²) in [6.07, 6.45) is 7.06. The van der Waals surface area contributed by atoms with Gasteiger partial charge in [0.1, 0.15) is 17.5 Å². The van der Waals surface area contributed by atoms with Crippen molar-refractivity contribution in [2.45, 2.75) is 44.9 Å². The molecule has 0 atom stereocenters. The molecule has 2 aromatic carbocycles. The molecule has 1 fully saturated rings. The van der Waals surface area contributed by atoms with E-state index in [9.17, 15) is 20.2 Å². The number of anilines is 1. The zero-order chi connectivity index (χ0) is 21.1. The van der Waals surface area contributed by atoms with Gasteiger partial charge in [-0.05, 0) is 55.7 Å². The fraction of sp³-hybridized carbons (Fsp3) is 0.429. The van der Waals surface area contributed by atoms with Gasteiger partial charge in [-0.25, -0.2) is 5.01 Å². The number of nitro benzene ring substituents is 2. The highest BCUT2D eigenvalue weighted by molar-refractivity contribution is 5.71. The minimum absolute atomic E-state index is 0.00378. The zero-order valence-corrected chi connectivity index (χ0v) is 16.6. The minimum Gasteiger partial charge on any atom is -0.450 e. The van der Waals surface area contributed by atoms with Crippen LogP contribution in [0.1, 0.15) is 43.2 Å². The predicted molar refractivity (Wildman–Crippen MR) is 112 cm³/mol. The number of nitro groups is 2. The van der Waals surface area contributed by atoms with Crippen LogP contribution in [0.15, 0.2) is 30.3 Å². The molecule has 4 rings (SSSR count). The second kappa shape index (κ2) is 8.66. The lowest BCUT2D eigenvalue weighted by atomic mass is 9.91. The molecule has 1 aliphatic carbocycles. The number of hydrogen-bond donors (Lipinski definition) is 1. The molecule has 9 nitrogen and oxygen atoms in total. The Hall–Kier alpha value is -3.20. The van der Waals surface area contributed by atoms with Gasteiger partial charge in [-0.3, -0.25) is 20.2 Å². The molecule has 0 amide bonds. The second-order valence-corrected chi connectivity index (χ2v) is 7.71. The number of nitrogens with one attached hydrogen (secondary N) is 1. The van der Waals surface area contributed by atoms with Crippen LogP contribution in [0.5, 0.6) is 11.5 Å². The van der Waals surface area contributed by atoms with Gasteiger partial charge in [0, 0.05) is 19.2 Å². The Labute approximate surface area is 173 Å². The molecule has 1 heterocycles. The summed E-state index contributed by atoms with van der Waals surface area (Å²) in [5, 5.41) is 25.1. The van der Waals surface area contributed by atoms with Crippen LogP contribution in [0.4, 0.5) is 17.1 Å². The van der Waals surface area contributed by atoms with Crippen molar-refractivity contribution in [2.24, 2.45) is 0 Å². The van der Waals surface area contributed by atoms with Gasteiger partial charge in [-0.15, -0.1) is 0 Å². The molecule has 158 valence electrons. The molecule has 0 aromatic heterocycles. The highest BCUT2D eigenvalue weighted by atomic mass is 16.6. The van der Waals surface area contributed by atoms with E-state index in [1.807, 2.05) is 11.1 Å². The Bertz CT molecular complexity index is 972. The van der Waals surface area contributed by atoms with Crippen LogP contribution >= 0.6 is 0 Å². The van der Waals surface area contributed by atoms with Gasteiger partial charge in [0.15, 0.2) is 0 Å². The Morgan fingerprint density at radius 1 is 0.867 bits per heavy atom. The van der Waals surface area contributed by atoms with Crippen LogP contribution in [0.3, 0.4) is 0 Å². The largest absolute Gasteiger partial charge is 0.450 e. The van der Waals surface area contributed by atoms with E-state index >= 15 is 0 Å². The molecule has 0 spiro atoms. The van der Waals surface area contributed by atoms with Gasteiger partial charge in [-0.1, -0.05) is 18.6 Å². The summed E-state index contributed by atoms with van der Waals surface area (Å²) < 4.78 is 6.01. The number of hydrazine groups is 1. The Kier molecular flexibility index (Phi) is 5.80. The molecule has 1 N–H and O–H groups in total. The van der Waals surface area contributed by atoms with Crippen molar-refractivity contribution in [3.63, 3.8) is 0 Å². The molecule has 1 aliphatic heterocycles. The lowest BCUT2D eigenvalue weighted by molar-refractivity contribution is -0.394. The van der Waals surface area contributed by atoms with E-state index in [-0.39, 0.29) is 17.1 Å². The number of rotatable bonds is 6. The fourth-order valence-electron chi connectivity index (χ4n) is 4.16. The first kappa shape index (κ1) is 20.1. The van der Waals surface area contributed by atoms with Crippen LogP contribution in [0, 0.1) is 20.2 Å². The van der Waals surface area contributed by atoms with E-state index in [1.54, 1.807) is 6.07 Å². The molecule has 30 heavy (non-hydrogen) atoms. The van der Waals surface area contributed by atoms with Crippen LogP contribution in [0.2, 0.25) is 0 Å². The van der Waals surface area contributed by atoms with Crippen molar-refractivity contribution >= 4 is 17.1 Å². The topological polar surface area (TPSA) is 111 Å². The van der Waals surface area contributed by atoms with Crippen LogP contribution in [-0.4, -0.2) is 27.9 Å². The summed E-state index contributed by atoms with van der Waals surface area (Å²) in [4.78, 5) is 22.0. The summed E-state index contributed by atoms with van der Waals surface area (Å²) in [5.74, 6) is 0.581. The van der Waals surface area contributed by atoms with Crippen molar-refractivity contribution in [1.82, 2.24) is 5.01 Å². The number of ether oxygens (including phenoxy) is 1. The first-order valence-electron chi connectivity index (χ1n) is 10.3. The molecule has 2 aromatic rings. The van der Waals surface area contributed by atoms with E-state index in [4.69, 9.17) is 4.74 Å². The van der Waals surface area contributed by atoms with Gasteiger partial charge in [0.25, 0.3) is 0 Å². The maximum absolute atomic E-state index is 11.6. The third-order valence-electron chi connectivity index (χ3n) is 5.68. The lowest BCUT2D eigenvalue weighted by Crippen LogP contribution is -2.35. The smallest absolute Gasteiger partial charge is 0.318 e. The van der Waals surface area contributed by atoms with E-state index in [0.29, 0.717) is 5.75 Å². The first-order valence-corrected chi connectivity index (χ1v) is 10.3. The van der Waals surface area contributed by atoms with Gasteiger partial charge >= 0.3 is 11.4 Å². The van der Waals surface area contributed by atoms with Crippen molar-refractivity contribution in [3.05, 3.63) is 61.7 Å². The number of benzene rings is 2. The SMILES string of the molecule is O=[N+]([O-])c1cc([N+](=O)[O-])c(Oc2cccc3c2CCCC3)cc1NN1CCCCC1. The van der Waals surface area contributed by atoms with Gasteiger partial charge in [0.05, 0.1) is 9.85 Å². The minimum atomic E-state index is -0.637. The Balaban J connectivity index is 1.73. The van der Waals surface area contributed by atoms with E-state index < -0.39 is 15.5 Å². The molecular weight excluding hydrogens is 388 g/mol. The molecule has 0 bridgehead atoms. The van der Waals surface area contributed by atoms with E-state index in [0.717, 1.165) is 69.7 Å². The summed E-state index contributed by atoms with van der Waals surface area (Å²) in [6, 6.07) is 8.09. The van der Waals surface area contributed by atoms with Gasteiger partial charge < -0.3 is 10.2 Å². The number of nitrogens with zero attached hydrogens (tertiary/aromatic N) is 3. The normalized spacial score (nSPS) is 16.5. The summed E-state index contributed by atoms with van der Waals surface area (Å²) in [6.45, 7) is 1.52. The van der Waals surface area contributed by atoms with Crippen LogP contribution in [-0.2, 0) is 12.8 Å². The van der Waals surface area contributed by atoms with Crippen molar-refractivity contribution in [2.75, 3.05) is 18.5 Å². The molecule has 2 aliphatic rings. The van der Waals surface area contributed by atoms with Crippen molar-refractivity contribution in [1.29, 1.82) is 0 Å². The van der Waals surface area contributed by atoms with Crippen LogP contribution < -0.4 is 10.2 Å². The number of fused-ring (bicyclic) bond motifs is 1. The number of aryl methyl sites for hydroxylation is 1. The van der Waals surface area contributed by atoms with Crippen molar-refractivity contribution in [3.8, 4) is 11.5 Å². The lowest BCUT2D eigenvalue weighted by Gasteiger charge is -2.27. The summed E-state index contributed by atoms with van der Waals surface area (Å²) in [7, 11) is 0. The average Bonchev–Trinajstić information content (AvgIpc) is 2.74. The maximum Gasteiger partial charge on any atom is 0.318 e. The third-order valence-corrected chi connectivity index (χ3v) is 5.68. The molecular formula is C21H24N4O5. The predicted octanol–water partition coefficient (Wildman–Crippen LogP) is 4.99. The van der Waals surface area contributed by atoms with E-state index in [1.165, 1.54) is 11.6 Å². The average molecular weight is 412 g/mol. The third kappa shape index (κ3) is 4.20. The highest BCUT2D eigenvalue weighted by Crippen LogP contribution is 2.42. The Morgan fingerprint density at radius 3 is 2.33 bits per heavy atom. The molecule has 9 heteroatoms. The fourth-order valence-corrected chi connectivity index (χ4v) is 4.16. The van der Waals surface area contributed by atoms with Gasteiger partial charge in [0.2, 0.25) is 5.75 Å². The zero-order valence-electron chi connectivity index (χ0n) is 16.6. The van der Waals surface area contributed by atoms with Crippen LogP contribution in [0.25, 0.3) is 0 Å². The molecule has 0 unspecified atom stereocenters. The number of piperidine rings is 1. The maximum atomic E-state index is 11.6. The Morgan fingerprint density at radius 2 is 1.60 bits per heavy atom. The van der Waals surface area contributed by atoms with Crippen molar-refractivity contribution < 1.29 is 14.6 Å². The molecule has 0 radical (unpaired) electrons. The quantitative estimate of drug-likeness (QED) is 0.526. The highest BCUT2D eigenvalue weighted by Gasteiger charge is 2.28. The standard InChI is InChI=1S/C21H24N4O5/c26-24(27)18-14-19(25(28)29)21(13-17(18)22-23-11-4-1-5-12-23)30-20-10-6-8-15-7-2-3-9-16(15)20/h6,8,10,13-14,22H,1-5,7,9,11-12H2. The monoisotopic (exact) mass is 412 g/mol. The van der Waals surface area contributed by atoms with E-state index in [2.05, 4.69) is 11.5 Å². The molecule has 1 saturated heterocycles.